The average molecular weight is 239 g/mol. The molecule has 0 heterocycles. The van der Waals surface area contributed by atoms with Crippen LogP contribution >= 0.6 is 11.6 Å². The van der Waals surface area contributed by atoms with Crippen LogP contribution in [0.1, 0.15) is 11.1 Å². The molecule has 0 bridgehead atoms. The van der Waals surface area contributed by atoms with Gasteiger partial charge in [0.2, 0.25) is 0 Å². The normalized spacial score (nSPS) is 20.9. The van der Waals surface area contributed by atoms with Crippen LogP contribution in [0.3, 0.4) is 0 Å². The van der Waals surface area contributed by atoms with E-state index in [-0.39, 0.29) is 5.97 Å². The van der Waals surface area contributed by atoms with Crippen LogP contribution in [0.4, 0.5) is 0 Å². The Labute approximate surface area is 98.0 Å². The Kier molecular flexibility index (Phi) is 2.83. The minimum atomic E-state index is -0.413. The highest BCUT2D eigenvalue weighted by Gasteiger charge is 2.34. The van der Waals surface area contributed by atoms with E-state index in [9.17, 15) is 4.79 Å². The van der Waals surface area contributed by atoms with Crippen LogP contribution < -0.4 is 5.84 Å². The summed E-state index contributed by atoms with van der Waals surface area (Å²) in [5.74, 6) is 4.58. The number of carbonyl (C=O) groups is 1. The third-order valence-electron chi connectivity index (χ3n) is 2.72. The van der Waals surface area contributed by atoms with Gasteiger partial charge in [-0.2, -0.15) is 5.10 Å². The smallest absolute Gasteiger partial charge is 0.315 e. The molecule has 1 aromatic carbocycles. The average Bonchev–Trinajstić information content (AvgIpc) is 2.65. The maximum absolute atomic E-state index is 11.5. The molecule has 0 amide bonds. The first-order valence-corrected chi connectivity index (χ1v) is 5.19. The summed E-state index contributed by atoms with van der Waals surface area (Å²) >= 11 is 5.89. The first-order valence-electron chi connectivity index (χ1n) is 4.81. The highest BCUT2D eigenvalue weighted by atomic mass is 35.5. The number of fused-ring (bicyclic) bond motifs is 1. The van der Waals surface area contributed by atoms with Gasteiger partial charge < -0.3 is 10.6 Å². The summed E-state index contributed by atoms with van der Waals surface area (Å²) in [5.41, 5.74) is 2.42. The van der Waals surface area contributed by atoms with Gasteiger partial charge in [-0.3, -0.25) is 4.79 Å². The summed E-state index contributed by atoms with van der Waals surface area (Å²) in [6.45, 7) is 0. The maximum Gasteiger partial charge on any atom is 0.315 e. The number of benzene rings is 1. The van der Waals surface area contributed by atoms with Crippen LogP contribution in [0.25, 0.3) is 0 Å². The lowest BCUT2D eigenvalue weighted by Gasteiger charge is -2.06. The van der Waals surface area contributed by atoms with Gasteiger partial charge in [0.1, 0.15) is 5.92 Å². The number of esters is 1. The lowest BCUT2D eigenvalue weighted by molar-refractivity contribution is -0.142. The molecule has 1 atom stereocenters. The van der Waals surface area contributed by atoms with Crippen molar-refractivity contribution >= 4 is 23.3 Å². The van der Waals surface area contributed by atoms with Crippen molar-refractivity contribution in [3.63, 3.8) is 0 Å². The van der Waals surface area contributed by atoms with E-state index in [1.54, 1.807) is 6.07 Å². The van der Waals surface area contributed by atoms with E-state index >= 15 is 0 Å². The van der Waals surface area contributed by atoms with Gasteiger partial charge in [0, 0.05) is 10.6 Å². The number of nitrogens with two attached hydrogens (primary N) is 1. The van der Waals surface area contributed by atoms with Crippen molar-refractivity contribution in [3.05, 3.63) is 34.3 Å². The Balaban J connectivity index is 2.44. The molecule has 1 aliphatic rings. The van der Waals surface area contributed by atoms with Crippen molar-refractivity contribution in [1.82, 2.24) is 0 Å². The highest BCUT2D eigenvalue weighted by Crippen LogP contribution is 2.30. The van der Waals surface area contributed by atoms with E-state index < -0.39 is 5.92 Å². The minimum Gasteiger partial charge on any atom is -0.468 e. The zero-order chi connectivity index (χ0) is 11.7. The molecule has 1 aliphatic carbocycles. The molecule has 0 saturated carbocycles. The molecule has 84 valence electrons. The lowest BCUT2D eigenvalue weighted by atomic mass is 10.1. The Bertz CT molecular complexity index is 471. The molecule has 5 heteroatoms. The Morgan fingerprint density at radius 1 is 1.62 bits per heavy atom. The molecule has 1 unspecified atom stereocenters. The summed E-state index contributed by atoms with van der Waals surface area (Å²) in [6.07, 6.45) is 0.540. The summed E-state index contributed by atoms with van der Waals surface area (Å²) in [5, 5.41) is 4.32. The van der Waals surface area contributed by atoms with Gasteiger partial charge in [-0.05, 0) is 24.1 Å². The SMILES string of the molecule is COC(=O)C1Cc2cc(Cl)ccc2C1=NN. The number of hydrogen-bond acceptors (Lipinski definition) is 4. The summed E-state index contributed by atoms with van der Waals surface area (Å²) < 4.78 is 4.72. The molecular formula is C11H11ClN2O2. The topological polar surface area (TPSA) is 64.7 Å². The molecule has 0 fully saturated rings. The van der Waals surface area contributed by atoms with E-state index in [0.717, 1.165) is 11.1 Å². The van der Waals surface area contributed by atoms with Gasteiger partial charge in [0.15, 0.2) is 0 Å². The molecule has 0 aliphatic heterocycles. The second kappa shape index (κ2) is 4.14. The summed E-state index contributed by atoms with van der Waals surface area (Å²) in [4.78, 5) is 11.5. The molecular weight excluding hydrogens is 228 g/mol. The first-order chi connectivity index (χ1) is 7.67. The van der Waals surface area contributed by atoms with Crippen molar-refractivity contribution in [2.75, 3.05) is 7.11 Å². The predicted molar refractivity (Wildman–Crippen MR) is 61.4 cm³/mol. The Morgan fingerprint density at radius 2 is 2.38 bits per heavy atom. The number of rotatable bonds is 1. The number of ether oxygens (including phenoxy) is 1. The first kappa shape index (κ1) is 11.0. The third-order valence-corrected chi connectivity index (χ3v) is 2.96. The molecule has 0 spiro atoms. The molecule has 1 aromatic rings. The maximum atomic E-state index is 11.5. The molecule has 0 aromatic heterocycles. The fraction of sp³-hybridized carbons (Fsp3) is 0.273. The fourth-order valence-corrected chi connectivity index (χ4v) is 2.18. The molecule has 2 rings (SSSR count). The van der Waals surface area contributed by atoms with Crippen LogP contribution in [0.5, 0.6) is 0 Å². The number of methoxy groups -OCH3 is 1. The van der Waals surface area contributed by atoms with Crippen molar-refractivity contribution < 1.29 is 9.53 Å². The van der Waals surface area contributed by atoms with E-state index in [1.165, 1.54) is 7.11 Å². The number of hydrogen-bond donors (Lipinski definition) is 1. The van der Waals surface area contributed by atoms with Crippen LogP contribution in [0, 0.1) is 5.92 Å². The number of carbonyl (C=O) groups excluding carboxylic acids is 1. The van der Waals surface area contributed by atoms with Crippen molar-refractivity contribution in [3.8, 4) is 0 Å². The zero-order valence-electron chi connectivity index (χ0n) is 8.74. The van der Waals surface area contributed by atoms with Gasteiger partial charge in [-0.15, -0.1) is 0 Å². The highest BCUT2D eigenvalue weighted by molar-refractivity contribution is 6.31. The summed E-state index contributed by atoms with van der Waals surface area (Å²) in [7, 11) is 1.35. The largest absolute Gasteiger partial charge is 0.468 e. The zero-order valence-corrected chi connectivity index (χ0v) is 9.49. The molecule has 0 saturated heterocycles. The Morgan fingerprint density at radius 3 is 3.00 bits per heavy atom. The van der Waals surface area contributed by atoms with Crippen LogP contribution in [-0.2, 0) is 16.0 Å². The quantitative estimate of drug-likeness (QED) is 0.456. The van der Waals surface area contributed by atoms with Gasteiger partial charge in [0.25, 0.3) is 0 Å². The van der Waals surface area contributed by atoms with E-state index in [4.69, 9.17) is 22.2 Å². The second-order valence-electron chi connectivity index (χ2n) is 3.60. The molecule has 4 nitrogen and oxygen atoms in total. The third kappa shape index (κ3) is 1.65. The molecule has 16 heavy (non-hydrogen) atoms. The van der Waals surface area contributed by atoms with E-state index in [0.29, 0.717) is 17.2 Å². The monoisotopic (exact) mass is 238 g/mol. The second-order valence-corrected chi connectivity index (χ2v) is 4.03. The van der Waals surface area contributed by atoms with Gasteiger partial charge >= 0.3 is 5.97 Å². The Hall–Kier alpha value is -1.55. The van der Waals surface area contributed by atoms with Crippen LogP contribution in [-0.4, -0.2) is 18.8 Å². The van der Waals surface area contributed by atoms with Crippen LogP contribution in [0.15, 0.2) is 23.3 Å². The fourth-order valence-electron chi connectivity index (χ4n) is 1.98. The number of halogens is 1. The summed E-state index contributed by atoms with van der Waals surface area (Å²) in [6, 6.07) is 5.41. The van der Waals surface area contributed by atoms with Gasteiger partial charge in [-0.1, -0.05) is 17.7 Å². The minimum absolute atomic E-state index is 0.323. The van der Waals surface area contributed by atoms with Crippen molar-refractivity contribution in [2.45, 2.75) is 6.42 Å². The predicted octanol–water partition coefficient (Wildman–Crippen LogP) is 1.35. The molecule has 2 N–H and O–H groups in total. The standard InChI is InChI=1S/C11H11ClN2O2/c1-16-11(15)9-5-6-4-7(12)2-3-8(6)10(9)14-13/h2-4,9H,5,13H2,1H3. The van der Waals surface area contributed by atoms with E-state index in [2.05, 4.69) is 5.10 Å². The number of nitrogens with zero attached hydrogens (tertiary/aromatic N) is 1. The van der Waals surface area contributed by atoms with Crippen molar-refractivity contribution in [1.29, 1.82) is 0 Å². The van der Waals surface area contributed by atoms with Gasteiger partial charge in [-0.25, -0.2) is 0 Å². The lowest BCUT2D eigenvalue weighted by Crippen LogP contribution is -2.23. The molecule has 0 radical (unpaired) electrons. The van der Waals surface area contributed by atoms with Crippen LogP contribution in [0.2, 0.25) is 5.02 Å². The van der Waals surface area contributed by atoms with E-state index in [1.807, 2.05) is 12.1 Å². The van der Waals surface area contributed by atoms with Gasteiger partial charge in [0.05, 0.1) is 12.8 Å². The number of hydrazone groups is 1. The van der Waals surface area contributed by atoms with Crippen molar-refractivity contribution in [2.24, 2.45) is 16.9 Å².